The van der Waals surface area contributed by atoms with E-state index in [4.69, 9.17) is 5.73 Å². The predicted octanol–water partition coefficient (Wildman–Crippen LogP) is 1.80. The lowest BCUT2D eigenvalue weighted by molar-refractivity contribution is 0.597. The van der Waals surface area contributed by atoms with Gasteiger partial charge in [-0.15, -0.1) is 0 Å². The van der Waals surface area contributed by atoms with Crippen LogP contribution in [-0.2, 0) is 9.84 Å². The highest BCUT2D eigenvalue weighted by Crippen LogP contribution is 2.14. The van der Waals surface area contributed by atoms with Gasteiger partial charge >= 0.3 is 0 Å². The molecule has 0 bridgehead atoms. The van der Waals surface area contributed by atoms with Gasteiger partial charge in [0.05, 0.1) is 10.6 Å². The normalized spacial score (nSPS) is 11.5. The maximum atomic E-state index is 11.8. The van der Waals surface area contributed by atoms with Gasteiger partial charge in [-0.05, 0) is 30.0 Å². The molecule has 0 aliphatic rings. The summed E-state index contributed by atoms with van der Waals surface area (Å²) >= 11 is 1.63. The molecule has 0 heterocycles. The van der Waals surface area contributed by atoms with E-state index in [-0.39, 0.29) is 5.75 Å². The second-order valence-corrected chi connectivity index (χ2v) is 6.59. The average molecular weight is 245 g/mol. The first-order valence-electron chi connectivity index (χ1n) is 4.72. The fourth-order valence-electron chi connectivity index (χ4n) is 1.11. The topological polar surface area (TPSA) is 60.2 Å². The van der Waals surface area contributed by atoms with E-state index in [1.165, 1.54) is 0 Å². The molecule has 0 atom stereocenters. The standard InChI is InChI=1S/C10H15NO2S2/c1-2-14-7-8-15(12,13)10-5-3-9(11)4-6-10/h3-6H,2,7-8,11H2,1H3. The largest absolute Gasteiger partial charge is 0.399 e. The molecule has 15 heavy (non-hydrogen) atoms. The van der Waals surface area contributed by atoms with Crippen molar-refractivity contribution in [2.75, 3.05) is 23.0 Å². The van der Waals surface area contributed by atoms with Crippen LogP contribution in [0.25, 0.3) is 0 Å². The molecule has 84 valence electrons. The third-order valence-electron chi connectivity index (χ3n) is 1.94. The Bertz CT molecular complexity index is 398. The maximum Gasteiger partial charge on any atom is 0.179 e. The molecule has 0 spiro atoms. The van der Waals surface area contributed by atoms with Crippen molar-refractivity contribution in [2.24, 2.45) is 0 Å². The van der Waals surface area contributed by atoms with E-state index in [1.54, 1.807) is 36.0 Å². The minimum Gasteiger partial charge on any atom is -0.399 e. The Morgan fingerprint density at radius 2 is 1.87 bits per heavy atom. The lowest BCUT2D eigenvalue weighted by Gasteiger charge is -2.03. The van der Waals surface area contributed by atoms with E-state index in [2.05, 4.69) is 0 Å². The minimum absolute atomic E-state index is 0.190. The van der Waals surface area contributed by atoms with Crippen molar-refractivity contribution < 1.29 is 8.42 Å². The van der Waals surface area contributed by atoms with E-state index < -0.39 is 9.84 Å². The number of hydrogen-bond acceptors (Lipinski definition) is 4. The number of benzene rings is 1. The highest BCUT2D eigenvalue weighted by atomic mass is 32.2. The highest BCUT2D eigenvalue weighted by Gasteiger charge is 2.13. The first kappa shape index (κ1) is 12.4. The Hall–Kier alpha value is -0.680. The van der Waals surface area contributed by atoms with Crippen molar-refractivity contribution in [2.45, 2.75) is 11.8 Å². The van der Waals surface area contributed by atoms with Crippen LogP contribution in [0.15, 0.2) is 29.2 Å². The SMILES string of the molecule is CCSCCS(=O)(=O)c1ccc(N)cc1. The summed E-state index contributed by atoms with van der Waals surface area (Å²) in [6.07, 6.45) is 0. The summed E-state index contributed by atoms with van der Waals surface area (Å²) in [5, 5.41) is 0. The molecule has 0 aromatic heterocycles. The van der Waals surface area contributed by atoms with Crippen LogP contribution >= 0.6 is 11.8 Å². The Morgan fingerprint density at radius 1 is 1.27 bits per heavy atom. The second kappa shape index (κ2) is 5.42. The van der Waals surface area contributed by atoms with E-state index >= 15 is 0 Å². The monoisotopic (exact) mass is 245 g/mol. The quantitative estimate of drug-likeness (QED) is 0.634. The van der Waals surface area contributed by atoms with Gasteiger partial charge in [-0.25, -0.2) is 8.42 Å². The van der Waals surface area contributed by atoms with Crippen molar-refractivity contribution in [3.63, 3.8) is 0 Å². The zero-order valence-corrected chi connectivity index (χ0v) is 10.3. The van der Waals surface area contributed by atoms with Gasteiger partial charge in [0.1, 0.15) is 0 Å². The van der Waals surface area contributed by atoms with E-state index in [1.807, 2.05) is 6.92 Å². The van der Waals surface area contributed by atoms with Gasteiger partial charge in [0.25, 0.3) is 0 Å². The zero-order valence-electron chi connectivity index (χ0n) is 8.64. The summed E-state index contributed by atoms with van der Waals surface area (Å²) in [7, 11) is -3.13. The lowest BCUT2D eigenvalue weighted by Crippen LogP contribution is -2.09. The van der Waals surface area contributed by atoms with Crippen molar-refractivity contribution in [3.8, 4) is 0 Å². The average Bonchev–Trinajstić information content (AvgIpc) is 2.18. The van der Waals surface area contributed by atoms with Crippen molar-refractivity contribution in [3.05, 3.63) is 24.3 Å². The molecule has 0 fully saturated rings. The Balaban J connectivity index is 2.73. The van der Waals surface area contributed by atoms with Crippen LogP contribution in [0.2, 0.25) is 0 Å². The van der Waals surface area contributed by atoms with Crippen LogP contribution in [-0.4, -0.2) is 25.7 Å². The molecule has 0 radical (unpaired) electrons. The molecule has 0 aliphatic heterocycles. The summed E-state index contributed by atoms with van der Waals surface area (Å²) in [6, 6.07) is 6.34. The number of thioether (sulfide) groups is 1. The number of nitrogens with two attached hydrogens (primary N) is 1. The molecule has 3 nitrogen and oxygen atoms in total. The van der Waals surface area contributed by atoms with Gasteiger partial charge < -0.3 is 5.73 Å². The second-order valence-electron chi connectivity index (χ2n) is 3.08. The Kier molecular flexibility index (Phi) is 4.47. The van der Waals surface area contributed by atoms with E-state index in [9.17, 15) is 8.42 Å². The van der Waals surface area contributed by atoms with Crippen molar-refractivity contribution in [1.29, 1.82) is 0 Å². The molecule has 1 aromatic carbocycles. The molecule has 1 rings (SSSR count). The number of hydrogen-bond donors (Lipinski definition) is 1. The third-order valence-corrected chi connectivity index (χ3v) is 4.83. The lowest BCUT2D eigenvalue weighted by atomic mass is 10.3. The van der Waals surface area contributed by atoms with Crippen molar-refractivity contribution in [1.82, 2.24) is 0 Å². The van der Waals surface area contributed by atoms with Crippen LogP contribution < -0.4 is 5.73 Å². The van der Waals surface area contributed by atoms with Gasteiger partial charge in [0.2, 0.25) is 0 Å². The molecular weight excluding hydrogens is 230 g/mol. The van der Waals surface area contributed by atoms with Crippen LogP contribution in [0.5, 0.6) is 0 Å². The highest BCUT2D eigenvalue weighted by molar-refractivity contribution is 8.00. The Morgan fingerprint density at radius 3 is 2.40 bits per heavy atom. The summed E-state index contributed by atoms with van der Waals surface area (Å²) in [5.41, 5.74) is 6.07. The fraction of sp³-hybridized carbons (Fsp3) is 0.400. The fourth-order valence-corrected chi connectivity index (χ4v) is 3.53. The van der Waals surface area contributed by atoms with Crippen LogP contribution in [0, 0.1) is 0 Å². The third kappa shape index (κ3) is 3.76. The first-order valence-corrected chi connectivity index (χ1v) is 7.53. The molecule has 5 heteroatoms. The summed E-state index contributed by atoms with van der Waals surface area (Å²) in [6.45, 7) is 2.01. The summed E-state index contributed by atoms with van der Waals surface area (Å²) < 4.78 is 23.5. The number of nitrogen functional groups attached to an aromatic ring is 1. The molecular formula is C10H15NO2S2. The minimum atomic E-state index is -3.13. The number of rotatable bonds is 5. The van der Waals surface area contributed by atoms with Gasteiger partial charge in [-0.2, -0.15) is 11.8 Å². The zero-order chi connectivity index (χ0) is 11.3. The summed E-state index contributed by atoms with van der Waals surface area (Å²) in [4.78, 5) is 0.355. The van der Waals surface area contributed by atoms with Gasteiger partial charge in [-0.3, -0.25) is 0 Å². The van der Waals surface area contributed by atoms with Gasteiger partial charge in [0.15, 0.2) is 9.84 Å². The predicted molar refractivity (Wildman–Crippen MR) is 65.9 cm³/mol. The molecule has 1 aromatic rings. The molecule has 0 unspecified atom stereocenters. The van der Waals surface area contributed by atoms with Crippen LogP contribution in [0.4, 0.5) is 5.69 Å². The maximum absolute atomic E-state index is 11.8. The van der Waals surface area contributed by atoms with E-state index in [0.717, 1.165) is 5.75 Å². The van der Waals surface area contributed by atoms with E-state index in [0.29, 0.717) is 16.3 Å². The molecule has 0 amide bonds. The Labute approximate surface area is 95.0 Å². The first-order chi connectivity index (χ1) is 7.06. The molecule has 0 aliphatic carbocycles. The van der Waals surface area contributed by atoms with Crippen molar-refractivity contribution >= 4 is 27.3 Å². The van der Waals surface area contributed by atoms with Gasteiger partial charge in [0, 0.05) is 11.4 Å². The van der Waals surface area contributed by atoms with Crippen LogP contribution in [0.3, 0.4) is 0 Å². The smallest absolute Gasteiger partial charge is 0.179 e. The number of sulfone groups is 1. The molecule has 2 N–H and O–H groups in total. The van der Waals surface area contributed by atoms with Crippen LogP contribution in [0.1, 0.15) is 6.92 Å². The van der Waals surface area contributed by atoms with Gasteiger partial charge in [-0.1, -0.05) is 6.92 Å². The summed E-state index contributed by atoms with van der Waals surface area (Å²) in [5.74, 6) is 1.77. The molecule has 0 saturated heterocycles. The molecule has 0 saturated carbocycles. The number of anilines is 1.